The molecule has 178 valence electrons. The van der Waals surface area contributed by atoms with Crippen LogP contribution in [0.3, 0.4) is 0 Å². The molecule has 1 aromatic heterocycles. The number of hydrogen-bond donors (Lipinski definition) is 1. The lowest BCUT2D eigenvalue weighted by Gasteiger charge is -2.25. The van der Waals surface area contributed by atoms with E-state index in [9.17, 15) is 18.3 Å². The van der Waals surface area contributed by atoms with Crippen LogP contribution >= 0.6 is 0 Å². The fourth-order valence-corrected chi connectivity index (χ4v) is 6.23. The second-order valence-electron chi connectivity index (χ2n) is 8.68. The molecule has 10 nitrogen and oxygen atoms in total. The SMILES string of the molecule is O=C(C(O)c1cccc2c1OCC2)N1CC2=C(C1)CN(S(=O)(=O)c1cnc3c(c1)OCCO3)C2. The molecular weight excluding hydrogens is 462 g/mol. The molecule has 1 amide bonds. The lowest BCUT2D eigenvalue weighted by Crippen LogP contribution is -2.38. The molecule has 0 radical (unpaired) electrons. The van der Waals surface area contributed by atoms with Crippen molar-refractivity contribution in [3.63, 3.8) is 0 Å². The minimum Gasteiger partial charge on any atom is -0.493 e. The van der Waals surface area contributed by atoms with Gasteiger partial charge in [-0.05, 0) is 16.7 Å². The zero-order valence-electron chi connectivity index (χ0n) is 18.3. The second kappa shape index (κ2) is 7.97. The molecule has 4 aliphatic rings. The molecular formula is C23H23N3O7S. The molecule has 4 aliphatic heterocycles. The van der Waals surface area contributed by atoms with Crippen LogP contribution in [-0.2, 0) is 21.2 Å². The normalized spacial score (nSPS) is 20.2. The van der Waals surface area contributed by atoms with Gasteiger partial charge in [0.25, 0.3) is 11.8 Å². The van der Waals surface area contributed by atoms with Gasteiger partial charge in [0.15, 0.2) is 11.9 Å². The van der Waals surface area contributed by atoms with Crippen LogP contribution in [-0.4, -0.2) is 79.6 Å². The van der Waals surface area contributed by atoms with Crippen molar-refractivity contribution in [3.8, 4) is 17.4 Å². The van der Waals surface area contributed by atoms with E-state index in [4.69, 9.17) is 14.2 Å². The zero-order chi connectivity index (χ0) is 23.4. The van der Waals surface area contributed by atoms with Crippen LogP contribution in [0, 0.1) is 0 Å². The van der Waals surface area contributed by atoms with E-state index in [0.717, 1.165) is 23.1 Å². The van der Waals surface area contributed by atoms with E-state index in [1.165, 1.54) is 16.6 Å². The van der Waals surface area contributed by atoms with Gasteiger partial charge < -0.3 is 24.2 Å². The Kier molecular flexibility index (Phi) is 5.01. The van der Waals surface area contributed by atoms with Gasteiger partial charge in [-0.15, -0.1) is 0 Å². The van der Waals surface area contributed by atoms with Gasteiger partial charge in [0, 0.05) is 44.2 Å². The van der Waals surface area contributed by atoms with Crippen molar-refractivity contribution in [2.45, 2.75) is 17.4 Å². The molecule has 0 saturated heterocycles. The van der Waals surface area contributed by atoms with Crippen molar-refractivity contribution < 1.29 is 32.5 Å². The van der Waals surface area contributed by atoms with Crippen molar-refractivity contribution in [2.75, 3.05) is 46.0 Å². The second-order valence-corrected chi connectivity index (χ2v) is 10.6. The molecule has 5 heterocycles. The highest BCUT2D eigenvalue weighted by molar-refractivity contribution is 7.89. The van der Waals surface area contributed by atoms with Crippen molar-refractivity contribution in [3.05, 3.63) is 52.7 Å². The molecule has 0 fully saturated rings. The maximum absolute atomic E-state index is 13.2. The Morgan fingerprint density at radius 1 is 1.03 bits per heavy atom. The Hall–Kier alpha value is -3.15. The topological polar surface area (TPSA) is 119 Å². The number of para-hydroxylation sites is 1. The number of aliphatic hydroxyl groups is 1. The van der Waals surface area contributed by atoms with Crippen LogP contribution in [0.1, 0.15) is 17.2 Å². The predicted molar refractivity (Wildman–Crippen MR) is 118 cm³/mol. The number of fused-ring (bicyclic) bond motifs is 2. The molecule has 11 heteroatoms. The van der Waals surface area contributed by atoms with Crippen LogP contribution in [0.2, 0.25) is 0 Å². The van der Waals surface area contributed by atoms with Gasteiger partial charge in [0.1, 0.15) is 23.9 Å². The van der Waals surface area contributed by atoms with E-state index in [1.807, 2.05) is 12.1 Å². The van der Waals surface area contributed by atoms with E-state index in [1.54, 1.807) is 11.0 Å². The van der Waals surface area contributed by atoms with E-state index in [-0.39, 0.29) is 37.0 Å². The maximum Gasteiger partial charge on any atom is 0.257 e. The van der Waals surface area contributed by atoms with Crippen molar-refractivity contribution in [2.24, 2.45) is 0 Å². The average molecular weight is 486 g/mol. The number of rotatable bonds is 4. The third kappa shape index (κ3) is 3.42. The third-order valence-electron chi connectivity index (χ3n) is 6.59. The molecule has 0 bridgehead atoms. The molecule has 6 rings (SSSR count). The van der Waals surface area contributed by atoms with Crippen LogP contribution in [0.5, 0.6) is 17.4 Å². The number of ether oxygens (including phenoxy) is 3. The fraction of sp³-hybridized carbons (Fsp3) is 0.391. The first-order valence-corrected chi connectivity index (χ1v) is 12.5. The van der Waals surface area contributed by atoms with Gasteiger partial charge in [0.2, 0.25) is 10.0 Å². The number of pyridine rings is 1. The maximum atomic E-state index is 13.2. The molecule has 1 unspecified atom stereocenters. The summed E-state index contributed by atoms with van der Waals surface area (Å²) in [4.78, 5) is 18.7. The van der Waals surface area contributed by atoms with Crippen LogP contribution < -0.4 is 14.2 Å². The van der Waals surface area contributed by atoms with Gasteiger partial charge in [-0.2, -0.15) is 4.31 Å². The van der Waals surface area contributed by atoms with Crippen molar-refractivity contribution in [1.29, 1.82) is 0 Å². The Morgan fingerprint density at radius 2 is 1.79 bits per heavy atom. The minimum atomic E-state index is -3.79. The molecule has 34 heavy (non-hydrogen) atoms. The van der Waals surface area contributed by atoms with Gasteiger partial charge in [0.05, 0.1) is 12.8 Å². The number of sulfonamides is 1. The molecule has 2 aromatic rings. The number of amides is 1. The summed E-state index contributed by atoms with van der Waals surface area (Å²) in [6.45, 7) is 2.20. The first-order valence-electron chi connectivity index (χ1n) is 11.1. The number of carbonyl (C=O) groups is 1. The van der Waals surface area contributed by atoms with E-state index >= 15 is 0 Å². The Balaban J connectivity index is 1.14. The number of aromatic nitrogens is 1. The lowest BCUT2D eigenvalue weighted by atomic mass is 10.0. The molecule has 0 aliphatic carbocycles. The summed E-state index contributed by atoms with van der Waals surface area (Å²) in [5.41, 5.74) is 3.22. The van der Waals surface area contributed by atoms with E-state index in [2.05, 4.69) is 4.98 Å². The number of hydrogen-bond acceptors (Lipinski definition) is 8. The monoisotopic (exact) mass is 485 g/mol. The highest BCUT2D eigenvalue weighted by Gasteiger charge is 2.40. The van der Waals surface area contributed by atoms with E-state index < -0.39 is 22.0 Å². The van der Waals surface area contributed by atoms with Gasteiger partial charge in [-0.25, -0.2) is 13.4 Å². The Bertz CT molecular complexity index is 1310. The highest BCUT2D eigenvalue weighted by atomic mass is 32.2. The fourth-order valence-electron chi connectivity index (χ4n) is 4.84. The molecule has 1 aromatic carbocycles. The zero-order valence-corrected chi connectivity index (χ0v) is 19.1. The Labute approximate surface area is 196 Å². The number of carbonyl (C=O) groups excluding carboxylic acids is 1. The largest absolute Gasteiger partial charge is 0.493 e. The predicted octanol–water partition coefficient (Wildman–Crippen LogP) is 0.664. The minimum absolute atomic E-state index is 0.0409. The first kappa shape index (κ1) is 21.4. The molecule has 1 N–H and O–H groups in total. The van der Waals surface area contributed by atoms with Crippen molar-refractivity contribution in [1.82, 2.24) is 14.2 Å². The third-order valence-corrected chi connectivity index (χ3v) is 8.35. The summed E-state index contributed by atoms with van der Waals surface area (Å²) in [7, 11) is -3.79. The van der Waals surface area contributed by atoms with Gasteiger partial charge in [-0.3, -0.25) is 4.79 Å². The smallest absolute Gasteiger partial charge is 0.257 e. The van der Waals surface area contributed by atoms with Gasteiger partial charge >= 0.3 is 0 Å². The average Bonchev–Trinajstić information content (AvgIpc) is 3.57. The standard InChI is InChI=1S/C23H23N3O7S/c27-20(18-3-1-2-14-4-5-32-21(14)18)23(28)25-10-15-12-26(13-16(15)11-25)34(29,30)17-8-19-22(24-9-17)33-7-6-31-19/h1-3,8-9,20,27H,4-7,10-13H2. The van der Waals surface area contributed by atoms with Crippen LogP contribution in [0.25, 0.3) is 0 Å². The van der Waals surface area contributed by atoms with Crippen molar-refractivity contribution >= 4 is 15.9 Å². The summed E-state index contributed by atoms with van der Waals surface area (Å²) in [6, 6.07) is 6.89. The van der Waals surface area contributed by atoms with Gasteiger partial charge in [-0.1, -0.05) is 18.2 Å². The molecule has 1 atom stereocenters. The highest BCUT2D eigenvalue weighted by Crippen LogP contribution is 2.37. The summed E-state index contributed by atoms with van der Waals surface area (Å²) >= 11 is 0. The lowest BCUT2D eigenvalue weighted by molar-refractivity contribution is -0.139. The molecule has 0 saturated carbocycles. The van der Waals surface area contributed by atoms with E-state index in [0.29, 0.717) is 36.9 Å². The summed E-state index contributed by atoms with van der Waals surface area (Å²) < 4.78 is 44.2. The van der Waals surface area contributed by atoms with Crippen LogP contribution in [0.15, 0.2) is 46.5 Å². The Morgan fingerprint density at radius 3 is 2.59 bits per heavy atom. The summed E-state index contributed by atoms with van der Waals surface area (Å²) in [6.07, 6.45) is 0.711. The number of nitrogens with zero attached hydrogens (tertiary/aromatic N) is 3. The summed E-state index contributed by atoms with van der Waals surface area (Å²) in [5, 5.41) is 10.8. The van der Waals surface area contributed by atoms with Crippen LogP contribution in [0.4, 0.5) is 0 Å². The quantitative estimate of drug-likeness (QED) is 0.628. The summed E-state index contributed by atoms with van der Waals surface area (Å²) in [5.74, 6) is 0.778. The number of benzene rings is 1. The first-order chi connectivity index (χ1) is 16.4. The number of aliphatic hydroxyl groups excluding tert-OH is 1. The molecule has 0 spiro atoms.